The molecule has 1 unspecified atom stereocenters. The van der Waals surface area contributed by atoms with Crippen molar-refractivity contribution in [1.29, 1.82) is 5.26 Å². The minimum atomic E-state index is -0.588. The van der Waals surface area contributed by atoms with E-state index in [2.05, 4.69) is 5.32 Å². The minimum absolute atomic E-state index is 0.298. The van der Waals surface area contributed by atoms with Crippen LogP contribution in [0.2, 0.25) is 0 Å². The highest BCUT2D eigenvalue weighted by Gasteiger charge is 2.08. The van der Waals surface area contributed by atoms with E-state index in [-0.39, 0.29) is 0 Å². The van der Waals surface area contributed by atoms with E-state index in [0.29, 0.717) is 24.6 Å². The number of hydrogen-bond donors (Lipinski definition) is 2. The summed E-state index contributed by atoms with van der Waals surface area (Å²) in [5, 5.41) is 24.4. The normalized spacial score (nSPS) is 12.2. The van der Waals surface area contributed by atoms with Crippen molar-refractivity contribution in [3.63, 3.8) is 0 Å². The van der Waals surface area contributed by atoms with Crippen molar-refractivity contribution >= 4 is 10.8 Å². The minimum Gasteiger partial charge on any atom is -0.449 e. The van der Waals surface area contributed by atoms with Gasteiger partial charge in [0.1, 0.15) is 11.8 Å². The molecule has 110 valence electrons. The zero-order valence-corrected chi connectivity index (χ0v) is 12.0. The highest BCUT2D eigenvalue weighted by Crippen LogP contribution is 2.20. The summed E-state index contributed by atoms with van der Waals surface area (Å²) in [6.45, 7) is 0.896. The summed E-state index contributed by atoms with van der Waals surface area (Å²) in [5.74, 6) is 0.981. The lowest BCUT2D eigenvalue weighted by Crippen LogP contribution is -2.20. The maximum Gasteiger partial charge on any atom is 0.203 e. The van der Waals surface area contributed by atoms with Gasteiger partial charge in [0, 0.05) is 6.54 Å². The number of nitriles is 1. The van der Waals surface area contributed by atoms with Crippen LogP contribution in [0.15, 0.2) is 59.0 Å². The van der Waals surface area contributed by atoms with Crippen LogP contribution in [0.5, 0.6) is 0 Å². The molecular weight excluding hydrogens is 276 g/mol. The zero-order chi connectivity index (χ0) is 15.4. The van der Waals surface area contributed by atoms with Crippen molar-refractivity contribution in [3.05, 3.63) is 71.7 Å². The molecule has 1 aromatic heterocycles. The molecule has 0 amide bonds. The van der Waals surface area contributed by atoms with Crippen LogP contribution in [0, 0.1) is 11.3 Å². The second kappa shape index (κ2) is 6.44. The second-order valence-corrected chi connectivity index (χ2v) is 5.13. The van der Waals surface area contributed by atoms with Crippen molar-refractivity contribution in [2.75, 3.05) is 6.54 Å². The van der Waals surface area contributed by atoms with Gasteiger partial charge in [-0.15, -0.1) is 0 Å². The fourth-order valence-electron chi connectivity index (χ4n) is 2.40. The molecule has 0 spiro atoms. The molecule has 0 saturated heterocycles. The van der Waals surface area contributed by atoms with Gasteiger partial charge in [-0.05, 0) is 34.5 Å². The lowest BCUT2D eigenvalue weighted by atomic mass is 10.0. The molecule has 0 aliphatic carbocycles. The largest absolute Gasteiger partial charge is 0.449 e. The first-order valence-electron chi connectivity index (χ1n) is 7.12. The van der Waals surface area contributed by atoms with Crippen LogP contribution in [0.4, 0.5) is 0 Å². The first kappa shape index (κ1) is 14.3. The van der Waals surface area contributed by atoms with E-state index >= 15 is 0 Å². The van der Waals surface area contributed by atoms with Gasteiger partial charge in [-0.2, -0.15) is 5.26 Å². The van der Waals surface area contributed by atoms with Gasteiger partial charge in [0.15, 0.2) is 0 Å². The van der Waals surface area contributed by atoms with Gasteiger partial charge >= 0.3 is 0 Å². The van der Waals surface area contributed by atoms with Gasteiger partial charge < -0.3 is 14.8 Å². The van der Waals surface area contributed by atoms with E-state index in [4.69, 9.17) is 9.68 Å². The zero-order valence-electron chi connectivity index (χ0n) is 12.0. The number of benzene rings is 2. The Labute approximate surface area is 128 Å². The molecular formula is C18H16N2O2. The van der Waals surface area contributed by atoms with Crippen molar-refractivity contribution in [1.82, 2.24) is 5.32 Å². The Bertz CT molecular complexity index is 817. The third kappa shape index (κ3) is 3.17. The Balaban J connectivity index is 1.60. The first-order valence-corrected chi connectivity index (χ1v) is 7.12. The molecule has 3 aromatic rings. The third-order valence-corrected chi connectivity index (χ3v) is 3.57. The topological polar surface area (TPSA) is 69.2 Å². The molecule has 2 aromatic carbocycles. The molecule has 1 atom stereocenters. The maximum absolute atomic E-state index is 10.3. The summed E-state index contributed by atoms with van der Waals surface area (Å²) in [7, 11) is 0. The molecule has 0 fully saturated rings. The fraction of sp³-hybridized carbons (Fsp3) is 0.167. The highest BCUT2D eigenvalue weighted by atomic mass is 16.3. The number of aliphatic hydroxyl groups excluding tert-OH is 1. The maximum atomic E-state index is 10.3. The predicted molar refractivity (Wildman–Crippen MR) is 84.0 cm³/mol. The fourth-order valence-corrected chi connectivity index (χ4v) is 2.40. The number of furan rings is 1. The molecule has 22 heavy (non-hydrogen) atoms. The number of fused-ring (bicyclic) bond motifs is 1. The number of rotatable bonds is 5. The van der Waals surface area contributed by atoms with Gasteiger partial charge in [-0.3, -0.25) is 0 Å². The van der Waals surface area contributed by atoms with E-state index < -0.39 is 6.10 Å². The molecule has 0 aliphatic heterocycles. The highest BCUT2D eigenvalue weighted by molar-refractivity contribution is 5.83. The third-order valence-electron chi connectivity index (χ3n) is 3.57. The Morgan fingerprint density at radius 3 is 2.68 bits per heavy atom. The SMILES string of the molecule is N#Cc1ccc(CNCC(O)c2ccc3ccccc3c2)o1. The summed E-state index contributed by atoms with van der Waals surface area (Å²) in [5.41, 5.74) is 0.878. The lowest BCUT2D eigenvalue weighted by molar-refractivity contribution is 0.173. The molecule has 4 nitrogen and oxygen atoms in total. The summed E-state index contributed by atoms with van der Waals surface area (Å²) in [6, 6.07) is 19.4. The summed E-state index contributed by atoms with van der Waals surface area (Å²) in [6.07, 6.45) is -0.588. The second-order valence-electron chi connectivity index (χ2n) is 5.13. The molecule has 0 bridgehead atoms. The van der Waals surface area contributed by atoms with Crippen LogP contribution < -0.4 is 5.32 Å². The van der Waals surface area contributed by atoms with Crippen molar-refractivity contribution in [2.45, 2.75) is 12.6 Å². The average Bonchev–Trinajstić information content (AvgIpc) is 3.02. The van der Waals surface area contributed by atoms with Gasteiger partial charge in [-0.25, -0.2) is 0 Å². The number of nitrogens with one attached hydrogen (secondary N) is 1. The molecule has 0 radical (unpaired) electrons. The van der Waals surface area contributed by atoms with E-state index in [1.54, 1.807) is 12.1 Å². The average molecular weight is 292 g/mol. The van der Waals surface area contributed by atoms with Gasteiger partial charge in [0.2, 0.25) is 5.76 Å². The molecule has 2 N–H and O–H groups in total. The first-order chi connectivity index (χ1) is 10.8. The monoisotopic (exact) mass is 292 g/mol. The Kier molecular flexibility index (Phi) is 4.19. The van der Waals surface area contributed by atoms with Crippen LogP contribution in [0.25, 0.3) is 10.8 Å². The molecule has 0 saturated carbocycles. The Morgan fingerprint density at radius 2 is 1.91 bits per heavy atom. The predicted octanol–water partition coefficient (Wildman–Crippen LogP) is 3.13. The summed E-state index contributed by atoms with van der Waals surface area (Å²) < 4.78 is 5.27. The number of hydrogen-bond acceptors (Lipinski definition) is 4. The van der Waals surface area contributed by atoms with Crippen molar-refractivity contribution in [2.24, 2.45) is 0 Å². The van der Waals surface area contributed by atoms with Crippen LogP contribution in [0.3, 0.4) is 0 Å². The Hall–Kier alpha value is -2.61. The van der Waals surface area contributed by atoms with E-state index in [9.17, 15) is 5.11 Å². The van der Waals surface area contributed by atoms with Crippen LogP contribution in [-0.2, 0) is 6.54 Å². The summed E-state index contributed by atoms with van der Waals surface area (Å²) in [4.78, 5) is 0. The molecule has 3 rings (SSSR count). The molecule has 0 aliphatic rings. The van der Waals surface area contributed by atoms with E-state index in [1.807, 2.05) is 48.5 Å². The van der Waals surface area contributed by atoms with Crippen LogP contribution >= 0.6 is 0 Å². The van der Waals surface area contributed by atoms with Gasteiger partial charge in [0.25, 0.3) is 0 Å². The van der Waals surface area contributed by atoms with Crippen LogP contribution in [0.1, 0.15) is 23.2 Å². The number of aliphatic hydroxyl groups is 1. The van der Waals surface area contributed by atoms with Crippen molar-refractivity contribution < 1.29 is 9.52 Å². The van der Waals surface area contributed by atoms with E-state index in [0.717, 1.165) is 16.3 Å². The standard InChI is InChI=1S/C18H16N2O2/c19-10-16-7-8-17(22-16)11-20-12-18(21)15-6-5-13-3-1-2-4-14(13)9-15/h1-9,18,20-21H,11-12H2. The molecule has 4 heteroatoms. The van der Waals surface area contributed by atoms with Crippen LogP contribution in [-0.4, -0.2) is 11.7 Å². The molecule has 1 heterocycles. The Morgan fingerprint density at radius 1 is 1.09 bits per heavy atom. The summed E-state index contributed by atoms with van der Waals surface area (Å²) >= 11 is 0. The van der Waals surface area contributed by atoms with Gasteiger partial charge in [0.05, 0.1) is 12.6 Å². The smallest absolute Gasteiger partial charge is 0.203 e. The lowest BCUT2D eigenvalue weighted by Gasteiger charge is -2.12. The van der Waals surface area contributed by atoms with Crippen molar-refractivity contribution in [3.8, 4) is 6.07 Å². The van der Waals surface area contributed by atoms with Gasteiger partial charge in [-0.1, -0.05) is 36.4 Å². The number of nitrogens with zero attached hydrogens (tertiary/aromatic N) is 1. The quantitative estimate of drug-likeness (QED) is 0.758. The van der Waals surface area contributed by atoms with E-state index in [1.165, 1.54) is 0 Å².